The number of nitrogens with zero attached hydrogens (tertiary/aromatic N) is 1. The number of amides is 1. The highest BCUT2D eigenvalue weighted by Crippen LogP contribution is 2.14. The third-order valence-corrected chi connectivity index (χ3v) is 2.81. The maximum absolute atomic E-state index is 12.1. The SMILES string of the molecule is CCCCC(C)NC(=O)c1cnc(C)cc1NN. The van der Waals surface area contributed by atoms with Crippen molar-refractivity contribution < 1.29 is 4.79 Å². The van der Waals surface area contributed by atoms with Crippen LogP contribution in [0, 0.1) is 6.92 Å². The predicted octanol–water partition coefficient (Wildman–Crippen LogP) is 1.98. The van der Waals surface area contributed by atoms with Crippen molar-refractivity contribution >= 4 is 11.6 Å². The number of pyridine rings is 1. The molecule has 0 aliphatic heterocycles. The maximum atomic E-state index is 12.1. The number of carbonyl (C=O) groups is 1. The molecule has 1 amide bonds. The van der Waals surface area contributed by atoms with E-state index in [9.17, 15) is 4.79 Å². The molecule has 1 aromatic rings. The van der Waals surface area contributed by atoms with E-state index in [1.807, 2.05) is 13.8 Å². The second-order valence-electron chi connectivity index (χ2n) is 4.53. The highest BCUT2D eigenvalue weighted by atomic mass is 16.1. The summed E-state index contributed by atoms with van der Waals surface area (Å²) in [5.74, 6) is 5.27. The van der Waals surface area contributed by atoms with Crippen LogP contribution in [-0.4, -0.2) is 16.9 Å². The largest absolute Gasteiger partial charge is 0.349 e. The number of anilines is 1. The summed E-state index contributed by atoms with van der Waals surface area (Å²) in [6.07, 6.45) is 4.76. The van der Waals surface area contributed by atoms with E-state index in [1.54, 1.807) is 12.3 Å². The molecule has 1 rings (SSSR count). The quantitative estimate of drug-likeness (QED) is 0.533. The van der Waals surface area contributed by atoms with Gasteiger partial charge in [-0.15, -0.1) is 0 Å². The van der Waals surface area contributed by atoms with Gasteiger partial charge >= 0.3 is 0 Å². The van der Waals surface area contributed by atoms with Crippen LogP contribution in [0.25, 0.3) is 0 Å². The zero-order valence-electron chi connectivity index (χ0n) is 11.3. The summed E-state index contributed by atoms with van der Waals surface area (Å²) in [6, 6.07) is 1.91. The predicted molar refractivity (Wildman–Crippen MR) is 73.2 cm³/mol. The molecular formula is C13H22N4O. The van der Waals surface area contributed by atoms with E-state index in [0.717, 1.165) is 25.0 Å². The van der Waals surface area contributed by atoms with Gasteiger partial charge in [0.2, 0.25) is 0 Å². The fourth-order valence-corrected chi connectivity index (χ4v) is 1.74. The summed E-state index contributed by atoms with van der Waals surface area (Å²) in [7, 11) is 0. The molecule has 0 aliphatic carbocycles. The Kier molecular flexibility index (Phi) is 5.58. The van der Waals surface area contributed by atoms with Gasteiger partial charge in [0.25, 0.3) is 5.91 Å². The smallest absolute Gasteiger partial charge is 0.255 e. The fraction of sp³-hybridized carbons (Fsp3) is 0.538. The topological polar surface area (TPSA) is 80.0 Å². The first-order valence-electron chi connectivity index (χ1n) is 6.32. The molecule has 4 N–H and O–H groups in total. The van der Waals surface area contributed by atoms with E-state index < -0.39 is 0 Å². The van der Waals surface area contributed by atoms with Gasteiger partial charge in [-0.3, -0.25) is 15.6 Å². The molecule has 1 aromatic heterocycles. The number of hydrogen-bond donors (Lipinski definition) is 3. The number of aryl methyl sites for hydroxylation is 1. The van der Waals surface area contributed by atoms with Crippen LogP contribution in [-0.2, 0) is 0 Å². The number of carbonyl (C=O) groups excluding carboxylic acids is 1. The first-order valence-corrected chi connectivity index (χ1v) is 6.32. The van der Waals surface area contributed by atoms with Gasteiger partial charge in [-0.1, -0.05) is 19.8 Å². The molecule has 1 unspecified atom stereocenters. The Labute approximate surface area is 108 Å². The third kappa shape index (κ3) is 4.00. The van der Waals surface area contributed by atoms with Crippen LogP contribution in [0.5, 0.6) is 0 Å². The van der Waals surface area contributed by atoms with E-state index in [4.69, 9.17) is 5.84 Å². The van der Waals surface area contributed by atoms with Crippen LogP contribution >= 0.6 is 0 Å². The Morgan fingerprint density at radius 1 is 1.56 bits per heavy atom. The number of rotatable bonds is 6. The van der Waals surface area contributed by atoms with Crippen LogP contribution in [0.4, 0.5) is 5.69 Å². The van der Waals surface area contributed by atoms with Gasteiger partial charge in [-0.05, 0) is 26.3 Å². The van der Waals surface area contributed by atoms with Crippen molar-refractivity contribution in [1.29, 1.82) is 0 Å². The first kappa shape index (κ1) is 14.4. The van der Waals surface area contributed by atoms with Crippen LogP contribution in [0.1, 0.15) is 49.2 Å². The maximum Gasteiger partial charge on any atom is 0.255 e. The minimum atomic E-state index is -0.140. The lowest BCUT2D eigenvalue weighted by Crippen LogP contribution is -2.33. The summed E-state index contributed by atoms with van der Waals surface area (Å²) in [4.78, 5) is 16.2. The minimum Gasteiger partial charge on any atom is -0.349 e. The number of nitrogens with two attached hydrogens (primary N) is 1. The highest BCUT2D eigenvalue weighted by molar-refractivity contribution is 5.99. The van der Waals surface area contributed by atoms with Crippen molar-refractivity contribution in [2.75, 3.05) is 5.43 Å². The van der Waals surface area contributed by atoms with E-state index in [2.05, 4.69) is 22.7 Å². The number of aromatic nitrogens is 1. The normalized spacial score (nSPS) is 12.0. The summed E-state index contributed by atoms with van der Waals surface area (Å²) in [6.45, 7) is 5.99. The van der Waals surface area contributed by atoms with E-state index >= 15 is 0 Å². The van der Waals surface area contributed by atoms with Gasteiger partial charge in [0.05, 0.1) is 11.3 Å². The molecule has 5 nitrogen and oxygen atoms in total. The summed E-state index contributed by atoms with van der Waals surface area (Å²) in [5, 5.41) is 2.95. The molecule has 0 aliphatic rings. The number of hydrogen-bond acceptors (Lipinski definition) is 4. The second kappa shape index (κ2) is 6.96. The van der Waals surface area contributed by atoms with Gasteiger partial charge in [0.1, 0.15) is 0 Å². The summed E-state index contributed by atoms with van der Waals surface area (Å²) < 4.78 is 0. The van der Waals surface area contributed by atoms with Gasteiger partial charge in [-0.2, -0.15) is 0 Å². The third-order valence-electron chi connectivity index (χ3n) is 2.81. The molecule has 0 bridgehead atoms. The average molecular weight is 250 g/mol. The van der Waals surface area contributed by atoms with Crippen molar-refractivity contribution in [2.45, 2.75) is 46.1 Å². The number of unbranched alkanes of at least 4 members (excludes halogenated alkanes) is 1. The monoisotopic (exact) mass is 250 g/mol. The standard InChI is InChI=1S/C13H22N4O/c1-4-5-6-9(2)16-13(18)11-8-15-10(3)7-12(11)17-14/h7-9H,4-6,14H2,1-3H3,(H,15,17)(H,16,18). The molecule has 100 valence electrons. The van der Waals surface area contributed by atoms with E-state index in [-0.39, 0.29) is 11.9 Å². The Morgan fingerprint density at radius 3 is 2.89 bits per heavy atom. The Bertz CT molecular complexity index is 406. The van der Waals surface area contributed by atoms with Crippen LogP contribution < -0.4 is 16.6 Å². The van der Waals surface area contributed by atoms with Crippen molar-refractivity contribution in [2.24, 2.45) is 5.84 Å². The fourth-order valence-electron chi connectivity index (χ4n) is 1.74. The molecule has 0 fully saturated rings. The molecule has 0 spiro atoms. The van der Waals surface area contributed by atoms with Crippen molar-refractivity contribution in [3.63, 3.8) is 0 Å². The van der Waals surface area contributed by atoms with Crippen molar-refractivity contribution in [1.82, 2.24) is 10.3 Å². The zero-order chi connectivity index (χ0) is 13.5. The van der Waals surface area contributed by atoms with Gasteiger partial charge in [0, 0.05) is 17.9 Å². The number of hydrazine groups is 1. The Balaban J connectivity index is 2.72. The Hall–Kier alpha value is -1.62. The second-order valence-corrected chi connectivity index (χ2v) is 4.53. The molecule has 0 saturated carbocycles. The van der Waals surface area contributed by atoms with E-state index in [0.29, 0.717) is 11.3 Å². The lowest BCUT2D eigenvalue weighted by molar-refractivity contribution is 0.0938. The van der Waals surface area contributed by atoms with E-state index in [1.165, 1.54) is 0 Å². The lowest BCUT2D eigenvalue weighted by atomic mass is 10.1. The van der Waals surface area contributed by atoms with Crippen molar-refractivity contribution in [3.8, 4) is 0 Å². The van der Waals surface area contributed by atoms with Gasteiger partial charge < -0.3 is 10.7 Å². The number of nitrogens with one attached hydrogen (secondary N) is 2. The minimum absolute atomic E-state index is 0.140. The van der Waals surface area contributed by atoms with Crippen molar-refractivity contribution in [3.05, 3.63) is 23.5 Å². The van der Waals surface area contributed by atoms with Crippen LogP contribution in [0.2, 0.25) is 0 Å². The molecular weight excluding hydrogens is 228 g/mol. The molecule has 0 radical (unpaired) electrons. The summed E-state index contributed by atoms with van der Waals surface area (Å²) in [5.41, 5.74) is 4.43. The van der Waals surface area contributed by atoms with Gasteiger partial charge in [0.15, 0.2) is 0 Å². The summed E-state index contributed by atoms with van der Waals surface area (Å²) >= 11 is 0. The molecule has 18 heavy (non-hydrogen) atoms. The molecule has 1 atom stereocenters. The lowest BCUT2D eigenvalue weighted by Gasteiger charge is -2.15. The molecule has 1 heterocycles. The zero-order valence-corrected chi connectivity index (χ0v) is 11.3. The first-order chi connectivity index (χ1) is 8.58. The Morgan fingerprint density at radius 2 is 2.28 bits per heavy atom. The van der Waals surface area contributed by atoms with Gasteiger partial charge in [-0.25, -0.2) is 0 Å². The molecule has 5 heteroatoms. The van der Waals surface area contributed by atoms with Crippen LogP contribution in [0.15, 0.2) is 12.3 Å². The highest BCUT2D eigenvalue weighted by Gasteiger charge is 2.14. The number of nitrogen functional groups attached to an aromatic ring is 1. The van der Waals surface area contributed by atoms with Crippen LogP contribution in [0.3, 0.4) is 0 Å². The average Bonchev–Trinajstić information content (AvgIpc) is 2.35. The molecule has 0 saturated heterocycles. The molecule has 0 aromatic carbocycles.